The molecule has 0 fully saturated rings. The summed E-state index contributed by atoms with van der Waals surface area (Å²) < 4.78 is 44.3. The molecule has 0 spiro atoms. The van der Waals surface area contributed by atoms with Crippen LogP contribution in [0.1, 0.15) is 16.7 Å². The number of ether oxygens (including phenoxy) is 1. The van der Waals surface area contributed by atoms with Gasteiger partial charge in [-0.25, -0.2) is 0 Å². The first-order chi connectivity index (χ1) is 16.1. The van der Waals surface area contributed by atoms with Gasteiger partial charge in [-0.2, -0.15) is 18.4 Å². The Morgan fingerprint density at radius 2 is 1.68 bits per heavy atom. The SMILES string of the molecule is N#C/C(=C\c1cc(Cl)c(OCc2ccc(Cl)cc2)c(Cl)c1)C(=O)Nc1cccc(C(F)(F)F)c1. The summed E-state index contributed by atoms with van der Waals surface area (Å²) in [6.07, 6.45) is -3.36. The summed E-state index contributed by atoms with van der Waals surface area (Å²) in [5, 5.41) is 12.5. The number of hydrogen-bond donors (Lipinski definition) is 1. The van der Waals surface area contributed by atoms with Crippen LogP contribution in [0.3, 0.4) is 0 Å². The molecular formula is C24H14Cl3F3N2O2. The van der Waals surface area contributed by atoms with Crippen LogP contribution in [-0.2, 0) is 17.6 Å². The number of rotatable bonds is 6. The first-order valence-electron chi connectivity index (χ1n) is 9.53. The molecule has 3 aromatic rings. The number of alkyl halides is 3. The Hall–Kier alpha value is -3.18. The Morgan fingerprint density at radius 3 is 2.26 bits per heavy atom. The summed E-state index contributed by atoms with van der Waals surface area (Å²) >= 11 is 18.4. The predicted octanol–water partition coefficient (Wildman–Crippen LogP) is 7.79. The number of carbonyl (C=O) groups is 1. The molecule has 4 nitrogen and oxygen atoms in total. The molecule has 0 unspecified atom stereocenters. The summed E-state index contributed by atoms with van der Waals surface area (Å²) in [5.41, 5.74) is -0.244. The summed E-state index contributed by atoms with van der Waals surface area (Å²) in [7, 11) is 0. The van der Waals surface area contributed by atoms with Gasteiger partial charge >= 0.3 is 6.18 Å². The van der Waals surface area contributed by atoms with Gasteiger partial charge in [0.05, 0.1) is 15.6 Å². The van der Waals surface area contributed by atoms with E-state index in [4.69, 9.17) is 39.5 Å². The number of halogens is 6. The minimum absolute atomic E-state index is 0.108. The van der Waals surface area contributed by atoms with E-state index in [-0.39, 0.29) is 33.7 Å². The summed E-state index contributed by atoms with van der Waals surface area (Å²) in [4.78, 5) is 12.4. The van der Waals surface area contributed by atoms with Gasteiger partial charge in [-0.3, -0.25) is 4.79 Å². The van der Waals surface area contributed by atoms with Crippen LogP contribution in [0, 0.1) is 11.3 Å². The largest absolute Gasteiger partial charge is 0.486 e. The molecule has 34 heavy (non-hydrogen) atoms. The van der Waals surface area contributed by atoms with Gasteiger partial charge in [-0.1, -0.05) is 53.0 Å². The maximum absolute atomic E-state index is 12.9. The normalized spacial score (nSPS) is 11.6. The molecule has 0 aliphatic rings. The molecule has 0 saturated carbocycles. The topological polar surface area (TPSA) is 62.1 Å². The molecular weight excluding hydrogens is 512 g/mol. The number of nitrogens with one attached hydrogen (secondary N) is 1. The van der Waals surface area contributed by atoms with Crippen molar-refractivity contribution in [1.82, 2.24) is 0 Å². The zero-order valence-electron chi connectivity index (χ0n) is 17.1. The van der Waals surface area contributed by atoms with Gasteiger partial charge in [0.2, 0.25) is 0 Å². The average molecular weight is 526 g/mol. The first kappa shape index (κ1) is 25.4. The number of carbonyl (C=O) groups excluding carboxylic acids is 1. The number of nitriles is 1. The van der Waals surface area contributed by atoms with Gasteiger partial charge in [-0.05, 0) is 59.7 Å². The molecule has 0 saturated heterocycles. The van der Waals surface area contributed by atoms with Crippen molar-refractivity contribution in [1.29, 1.82) is 5.26 Å². The second kappa shape index (κ2) is 10.8. The maximum Gasteiger partial charge on any atom is 0.416 e. The molecule has 0 aliphatic carbocycles. The van der Waals surface area contributed by atoms with Crippen LogP contribution < -0.4 is 10.1 Å². The van der Waals surface area contributed by atoms with E-state index in [0.717, 1.165) is 23.8 Å². The lowest BCUT2D eigenvalue weighted by molar-refractivity contribution is -0.137. The fourth-order valence-electron chi connectivity index (χ4n) is 2.82. The van der Waals surface area contributed by atoms with Gasteiger partial charge < -0.3 is 10.1 Å². The van der Waals surface area contributed by atoms with Crippen LogP contribution in [0.15, 0.2) is 66.2 Å². The lowest BCUT2D eigenvalue weighted by Crippen LogP contribution is -2.14. The average Bonchev–Trinajstić information content (AvgIpc) is 2.77. The fourth-order valence-corrected chi connectivity index (χ4v) is 3.56. The third kappa shape index (κ3) is 6.67. The van der Waals surface area contributed by atoms with Crippen molar-refractivity contribution in [3.8, 4) is 11.8 Å². The highest BCUT2D eigenvalue weighted by molar-refractivity contribution is 6.37. The van der Waals surface area contributed by atoms with Gasteiger partial charge in [0.15, 0.2) is 5.75 Å². The molecule has 3 aromatic carbocycles. The fraction of sp³-hybridized carbons (Fsp3) is 0.0833. The van der Waals surface area contributed by atoms with Crippen LogP contribution in [0.4, 0.5) is 18.9 Å². The van der Waals surface area contributed by atoms with Crippen molar-refractivity contribution in [2.75, 3.05) is 5.32 Å². The highest BCUT2D eigenvalue weighted by Gasteiger charge is 2.30. The van der Waals surface area contributed by atoms with E-state index in [1.54, 1.807) is 30.3 Å². The highest BCUT2D eigenvalue weighted by Crippen LogP contribution is 2.36. The second-order valence-electron chi connectivity index (χ2n) is 6.93. The standard InChI is InChI=1S/C24H14Cl3F3N2O2/c25-18-6-4-14(5-7-18)13-34-22-20(26)9-15(10-21(22)27)8-16(12-31)23(33)32-19-3-1-2-17(11-19)24(28,29)30/h1-11H,13H2,(H,32,33)/b16-8+. The van der Waals surface area contributed by atoms with Crippen LogP contribution in [0.25, 0.3) is 6.08 Å². The predicted molar refractivity (Wildman–Crippen MR) is 126 cm³/mol. The molecule has 0 bridgehead atoms. The number of hydrogen-bond acceptors (Lipinski definition) is 3. The molecule has 3 rings (SSSR count). The minimum Gasteiger partial charge on any atom is -0.486 e. The summed E-state index contributed by atoms with van der Waals surface area (Å²) in [6, 6.07) is 15.7. The van der Waals surface area contributed by atoms with Crippen molar-refractivity contribution in [2.45, 2.75) is 12.8 Å². The van der Waals surface area contributed by atoms with E-state index in [9.17, 15) is 23.2 Å². The van der Waals surface area contributed by atoms with E-state index >= 15 is 0 Å². The molecule has 0 atom stereocenters. The summed E-state index contributed by atoms with van der Waals surface area (Å²) in [5.74, 6) is -0.681. The van der Waals surface area contributed by atoms with E-state index in [2.05, 4.69) is 5.32 Å². The highest BCUT2D eigenvalue weighted by atomic mass is 35.5. The Balaban J connectivity index is 1.77. The van der Waals surface area contributed by atoms with Gasteiger partial charge in [0.25, 0.3) is 5.91 Å². The first-order valence-corrected chi connectivity index (χ1v) is 10.7. The Bertz CT molecular complexity index is 1260. The lowest BCUT2D eigenvalue weighted by Gasteiger charge is -2.12. The zero-order valence-corrected chi connectivity index (χ0v) is 19.4. The monoisotopic (exact) mass is 524 g/mol. The Kier molecular flexibility index (Phi) is 8.11. The zero-order chi connectivity index (χ0) is 24.9. The summed E-state index contributed by atoms with van der Waals surface area (Å²) in [6.45, 7) is 0.175. The lowest BCUT2D eigenvalue weighted by atomic mass is 10.1. The number of amides is 1. The molecule has 174 valence electrons. The van der Waals surface area contributed by atoms with Crippen molar-refractivity contribution in [3.05, 3.63) is 98.0 Å². The van der Waals surface area contributed by atoms with Crippen LogP contribution in [0.2, 0.25) is 15.1 Å². The third-order valence-corrected chi connectivity index (χ3v) is 5.25. The number of nitrogens with zero attached hydrogens (tertiary/aromatic N) is 1. The maximum atomic E-state index is 12.9. The van der Waals surface area contributed by atoms with Crippen molar-refractivity contribution in [3.63, 3.8) is 0 Å². The smallest absolute Gasteiger partial charge is 0.416 e. The Labute approximate surface area is 208 Å². The molecule has 1 N–H and O–H groups in total. The molecule has 1 amide bonds. The molecule has 0 aliphatic heterocycles. The molecule has 0 radical (unpaired) electrons. The van der Waals surface area contributed by atoms with Crippen molar-refractivity contribution < 1.29 is 22.7 Å². The third-order valence-electron chi connectivity index (χ3n) is 4.44. The van der Waals surface area contributed by atoms with E-state index in [1.807, 2.05) is 0 Å². The molecule has 10 heteroatoms. The molecule has 0 heterocycles. The van der Waals surface area contributed by atoms with Crippen molar-refractivity contribution in [2.24, 2.45) is 0 Å². The second-order valence-corrected chi connectivity index (χ2v) is 8.18. The minimum atomic E-state index is -4.57. The van der Waals surface area contributed by atoms with Crippen molar-refractivity contribution >= 4 is 52.5 Å². The quantitative estimate of drug-likeness (QED) is 0.264. The van der Waals surface area contributed by atoms with E-state index < -0.39 is 17.6 Å². The van der Waals surface area contributed by atoms with E-state index in [1.165, 1.54) is 24.3 Å². The van der Waals surface area contributed by atoms with Gasteiger partial charge in [0.1, 0.15) is 18.2 Å². The Morgan fingerprint density at radius 1 is 1.03 bits per heavy atom. The number of anilines is 1. The van der Waals surface area contributed by atoms with Crippen LogP contribution >= 0.6 is 34.8 Å². The molecule has 0 aromatic heterocycles. The van der Waals surface area contributed by atoms with Crippen LogP contribution in [-0.4, -0.2) is 5.91 Å². The van der Waals surface area contributed by atoms with Gasteiger partial charge in [-0.15, -0.1) is 0 Å². The van der Waals surface area contributed by atoms with E-state index in [0.29, 0.717) is 10.6 Å². The van der Waals surface area contributed by atoms with Gasteiger partial charge in [0, 0.05) is 10.7 Å². The number of benzene rings is 3. The van der Waals surface area contributed by atoms with Crippen LogP contribution in [0.5, 0.6) is 5.75 Å².